The Morgan fingerprint density at radius 1 is 1.43 bits per heavy atom. The van der Waals surface area contributed by atoms with Gasteiger partial charge in [0.05, 0.1) is 0 Å². The van der Waals surface area contributed by atoms with E-state index in [0.717, 1.165) is 6.42 Å². The van der Waals surface area contributed by atoms with Crippen molar-refractivity contribution in [1.29, 1.82) is 0 Å². The summed E-state index contributed by atoms with van der Waals surface area (Å²) in [6.07, 6.45) is 4.56. The number of allylic oxidation sites excluding steroid dienone is 2. The van der Waals surface area contributed by atoms with Gasteiger partial charge < -0.3 is 4.74 Å². The average Bonchev–Trinajstić information content (AvgIpc) is 2.09. The van der Waals surface area contributed by atoms with Crippen LogP contribution in [0.2, 0.25) is 0 Å². The van der Waals surface area contributed by atoms with Crippen LogP contribution in [0, 0.1) is 5.92 Å². The molecule has 0 N–H and O–H groups in total. The van der Waals surface area contributed by atoms with Gasteiger partial charge in [-0.15, -0.1) is 0 Å². The second kappa shape index (κ2) is 6.41. The van der Waals surface area contributed by atoms with Gasteiger partial charge in [0.2, 0.25) is 0 Å². The smallest absolute Gasteiger partial charge is 0.303 e. The molecular formula is C12H20O2. The third-order valence-electron chi connectivity index (χ3n) is 1.99. The topological polar surface area (TPSA) is 26.3 Å². The van der Waals surface area contributed by atoms with Gasteiger partial charge in [0, 0.05) is 12.8 Å². The van der Waals surface area contributed by atoms with Crippen molar-refractivity contribution in [3.05, 3.63) is 24.3 Å². The van der Waals surface area contributed by atoms with Gasteiger partial charge in [-0.05, 0) is 20.3 Å². The monoisotopic (exact) mass is 196 g/mol. The second-order valence-electron chi connectivity index (χ2n) is 3.80. The molecule has 0 aromatic heterocycles. The van der Waals surface area contributed by atoms with E-state index in [2.05, 4.69) is 33.4 Å². The molecule has 0 aliphatic rings. The highest BCUT2D eigenvalue weighted by atomic mass is 16.5. The third-order valence-corrected chi connectivity index (χ3v) is 1.99. The molecule has 0 saturated carbocycles. The van der Waals surface area contributed by atoms with E-state index in [1.165, 1.54) is 12.5 Å². The van der Waals surface area contributed by atoms with Gasteiger partial charge in [-0.2, -0.15) is 0 Å². The molecule has 0 spiro atoms. The van der Waals surface area contributed by atoms with Gasteiger partial charge in [0.1, 0.15) is 6.10 Å². The molecule has 0 aromatic carbocycles. The number of ether oxygens (including phenoxy) is 1. The van der Waals surface area contributed by atoms with Crippen molar-refractivity contribution in [2.24, 2.45) is 5.92 Å². The first-order valence-electron chi connectivity index (χ1n) is 4.90. The van der Waals surface area contributed by atoms with Gasteiger partial charge in [0.15, 0.2) is 0 Å². The van der Waals surface area contributed by atoms with E-state index in [-0.39, 0.29) is 18.0 Å². The lowest BCUT2D eigenvalue weighted by atomic mass is 9.99. The van der Waals surface area contributed by atoms with Gasteiger partial charge >= 0.3 is 5.97 Å². The normalized spacial score (nSPS) is 14.0. The van der Waals surface area contributed by atoms with Crippen LogP contribution in [0.25, 0.3) is 0 Å². The Bertz CT molecular complexity index is 224. The Morgan fingerprint density at radius 2 is 2.00 bits per heavy atom. The molecule has 0 bridgehead atoms. The van der Waals surface area contributed by atoms with E-state index < -0.39 is 0 Å². The number of carbonyl (C=O) groups is 1. The molecule has 2 heteroatoms. The summed E-state index contributed by atoms with van der Waals surface area (Å²) in [7, 11) is 0. The minimum absolute atomic E-state index is 0.178. The molecule has 80 valence electrons. The summed E-state index contributed by atoms with van der Waals surface area (Å²) in [5.41, 5.74) is 1.28. The summed E-state index contributed by atoms with van der Waals surface area (Å²) in [5.74, 6) is 0.0326. The van der Waals surface area contributed by atoms with Crippen LogP contribution in [0.5, 0.6) is 0 Å². The van der Waals surface area contributed by atoms with E-state index in [1.54, 1.807) is 6.08 Å². The minimum Gasteiger partial charge on any atom is -0.458 e. The van der Waals surface area contributed by atoms with Crippen molar-refractivity contribution >= 4 is 5.97 Å². The molecule has 2 atom stereocenters. The number of hydrogen-bond acceptors (Lipinski definition) is 2. The molecule has 0 amide bonds. The fourth-order valence-electron chi connectivity index (χ4n) is 1.14. The van der Waals surface area contributed by atoms with Crippen LogP contribution in [0.3, 0.4) is 0 Å². The van der Waals surface area contributed by atoms with Crippen molar-refractivity contribution in [2.45, 2.75) is 40.2 Å². The molecule has 0 heterocycles. The fraction of sp³-hybridized carbons (Fsp3) is 0.583. The van der Waals surface area contributed by atoms with Crippen molar-refractivity contribution in [3.63, 3.8) is 0 Å². The summed E-state index contributed by atoms with van der Waals surface area (Å²) in [4.78, 5) is 10.8. The summed E-state index contributed by atoms with van der Waals surface area (Å²) in [6.45, 7) is 11.2. The molecule has 0 rings (SSSR count). The molecule has 14 heavy (non-hydrogen) atoms. The highest BCUT2D eigenvalue weighted by Crippen LogP contribution is 2.14. The van der Waals surface area contributed by atoms with Crippen LogP contribution in [0.1, 0.15) is 34.1 Å². The van der Waals surface area contributed by atoms with Crippen LogP contribution in [-0.4, -0.2) is 12.1 Å². The molecule has 0 aromatic rings. The van der Waals surface area contributed by atoms with E-state index in [0.29, 0.717) is 0 Å². The number of carbonyl (C=O) groups excluding carboxylic acids is 1. The summed E-state index contributed by atoms with van der Waals surface area (Å²) < 4.78 is 5.11. The lowest BCUT2D eigenvalue weighted by molar-refractivity contribution is -0.146. The molecular weight excluding hydrogens is 176 g/mol. The first kappa shape index (κ1) is 12.9. The Hall–Kier alpha value is -1.05. The Morgan fingerprint density at radius 3 is 2.36 bits per heavy atom. The SMILES string of the molecule is C=CC(OC(C)=O)C(C)CC=C(C)C. The van der Waals surface area contributed by atoms with Crippen LogP contribution >= 0.6 is 0 Å². The fourth-order valence-corrected chi connectivity index (χ4v) is 1.14. The van der Waals surface area contributed by atoms with E-state index >= 15 is 0 Å². The van der Waals surface area contributed by atoms with Crippen molar-refractivity contribution in [2.75, 3.05) is 0 Å². The van der Waals surface area contributed by atoms with E-state index in [4.69, 9.17) is 4.74 Å². The zero-order valence-corrected chi connectivity index (χ0v) is 9.54. The van der Waals surface area contributed by atoms with E-state index in [1.807, 2.05) is 0 Å². The highest BCUT2D eigenvalue weighted by molar-refractivity contribution is 5.66. The molecule has 0 aliphatic carbocycles. The number of hydrogen-bond donors (Lipinski definition) is 0. The largest absolute Gasteiger partial charge is 0.458 e. The van der Waals surface area contributed by atoms with Crippen LogP contribution in [-0.2, 0) is 9.53 Å². The zero-order valence-electron chi connectivity index (χ0n) is 9.54. The minimum atomic E-state index is -0.251. The zero-order chi connectivity index (χ0) is 11.1. The number of esters is 1. The van der Waals surface area contributed by atoms with Gasteiger partial charge in [-0.1, -0.05) is 31.2 Å². The molecule has 0 saturated heterocycles. The molecule has 0 aliphatic heterocycles. The maximum atomic E-state index is 10.8. The van der Waals surface area contributed by atoms with Crippen molar-refractivity contribution in [3.8, 4) is 0 Å². The van der Waals surface area contributed by atoms with Crippen LogP contribution < -0.4 is 0 Å². The summed E-state index contributed by atoms with van der Waals surface area (Å²) in [5, 5.41) is 0. The maximum absolute atomic E-state index is 10.8. The predicted molar refractivity (Wildman–Crippen MR) is 59.0 cm³/mol. The molecule has 0 fully saturated rings. The average molecular weight is 196 g/mol. The van der Waals surface area contributed by atoms with Crippen LogP contribution in [0.4, 0.5) is 0 Å². The van der Waals surface area contributed by atoms with Gasteiger partial charge in [-0.25, -0.2) is 0 Å². The Kier molecular flexibility index (Phi) is 5.93. The maximum Gasteiger partial charge on any atom is 0.303 e. The Labute approximate surface area is 86.6 Å². The first-order valence-corrected chi connectivity index (χ1v) is 4.90. The first-order chi connectivity index (χ1) is 6.47. The second-order valence-corrected chi connectivity index (χ2v) is 3.80. The van der Waals surface area contributed by atoms with Crippen molar-refractivity contribution < 1.29 is 9.53 Å². The van der Waals surface area contributed by atoms with Gasteiger partial charge in [0.25, 0.3) is 0 Å². The van der Waals surface area contributed by atoms with Gasteiger partial charge in [-0.3, -0.25) is 4.79 Å². The molecule has 2 unspecified atom stereocenters. The highest BCUT2D eigenvalue weighted by Gasteiger charge is 2.15. The lowest BCUT2D eigenvalue weighted by Gasteiger charge is -2.19. The molecule has 0 radical (unpaired) electrons. The summed E-state index contributed by atoms with van der Waals surface area (Å²) >= 11 is 0. The van der Waals surface area contributed by atoms with Crippen molar-refractivity contribution in [1.82, 2.24) is 0 Å². The Balaban J connectivity index is 4.17. The van der Waals surface area contributed by atoms with E-state index in [9.17, 15) is 4.79 Å². The third kappa shape index (κ3) is 5.57. The molecule has 2 nitrogen and oxygen atoms in total. The quantitative estimate of drug-likeness (QED) is 0.499. The predicted octanol–water partition coefficient (Wildman–Crippen LogP) is 3.10. The summed E-state index contributed by atoms with van der Waals surface area (Å²) in [6, 6.07) is 0. The lowest BCUT2D eigenvalue weighted by Crippen LogP contribution is -2.21. The van der Waals surface area contributed by atoms with Crippen LogP contribution in [0.15, 0.2) is 24.3 Å². The standard InChI is InChI=1S/C12H20O2/c1-6-12(14-11(5)13)10(4)8-7-9(2)3/h6-7,10,12H,1,8H2,2-5H3. The number of rotatable bonds is 5.